The summed E-state index contributed by atoms with van der Waals surface area (Å²) in [6.45, 7) is 4.47. The molecule has 0 bridgehead atoms. The standard InChI is InChI=1S/C12H13N3OS/c1-8-9(2)17-11(15-8)7-14-12(16)10-3-5-13-6-4-10/h3-6H,7H2,1-2H3,(H,14,16). The van der Waals surface area contributed by atoms with Gasteiger partial charge in [0.05, 0.1) is 12.2 Å². The number of aryl methyl sites for hydroxylation is 2. The molecule has 0 aromatic carbocycles. The summed E-state index contributed by atoms with van der Waals surface area (Å²) in [6.07, 6.45) is 3.21. The van der Waals surface area contributed by atoms with E-state index < -0.39 is 0 Å². The highest BCUT2D eigenvalue weighted by Crippen LogP contribution is 2.16. The average Bonchev–Trinajstić information content (AvgIpc) is 2.67. The number of nitrogens with zero attached hydrogens (tertiary/aromatic N) is 2. The molecule has 0 saturated carbocycles. The molecular weight excluding hydrogens is 234 g/mol. The van der Waals surface area contributed by atoms with Crippen molar-refractivity contribution in [3.05, 3.63) is 45.7 Å². The first-order chi connectivity index (χ1) is 8.16. The zero-order valence-corrected chi connectivity index (χ0v) is 10.5. The minimum Gasteiger partial charge on any atom is -0.346 e. The van der Waals surface area contributed by atoms with E-state index in [9.17, 15) is 4.79 Å². The molecule has 0 unspecified atom stereocenters. The maximum Gasteiger partial charge on any atom is 0.251 e. The summed E-state index contributed by atoms with van der Waals surface area (Å²) in [7, 11) is 0. The zero-order chi connectivity index (χ0) is 12.3. The smallest absolute Gasteiger partial charge is 0.251 e. The van der Waals surface area contributed by atoms with Gasteiger partial charge in [-0.1, -0.05) is 0 Å². The second-order valence-electron chi connectivity index (χ2n) is 3.67. The Morgan fingerprint density at radius 3 is 2.65 bits per heavy atom. The lowest BCUT2D eigenvalue weighted by atomic mass is 10.2. The van der Waals surface area contributed by atoms with Gasteiger partial charge in [-0.05, 0) is 26.0 Å². The van der Waals surface area contributed by atoms with E-state index in [1.54, 1.807) is 35.9 Å². The fraction of sp³-hybridized carbons (Fsp3) is 0.250. The van der Waals surface area contributed by atoms with Crippen LogP contribution < -0.4 is 5.32 Å². The maximum absolute atomic E-state index is 11.7. The third-order valence-electron chi connectivity index (χ3n) is 2.42. The predicted octanol–water partition coefficient (Wildman–Crippen LogP) is 2.08. The Labute approximate surface area is 104 Å². The number of carbonyl (C=O) groups is 1. The molecule has 4 nitrogen and oxygen atoms in total. The molecule has 0 aliphatic heterocycles. The van der Waals surface area contributed by atoms with Crippen molar-refractivity contribution in [2.45, 2.75) is 20.4 Å². The molecule has 0 fully saturated rings. The van der Waals surface area contributed by atoms with Crippen molar-refractivity contribution >= 4 is 17.2 Å². The molecule has 0 atom stereocenters. The molecule has 0 aliphatic rings. The average molecular weight is 247 g/mol. The van der Waals surface area contributed by atoms with E-state index >= 15 is 0 Å². The molecule has 0 radical (unpaired) electrons. The van der Waals surface area contributed by atoms with E-state index in [2.05, 4.69) is 15.3 Å². The van der Waals surface area contributed by atoms with Gasteiger partial charge in [0, 0.05) is 22.8 Å². The number of carbonyl (C=O) groups excluding carboxylic acids is 1. The van der Waals surface area contributed by atoms with E-state index in [0.29, 0.717) is 12.1 Å². The fourth-order valence-electron chi connectivity index (χ4n) is 1.38. The summed E-state index contributed by atoms with van der Waals surface area (Å²) in [6, 6.07) is 3.38. The van der Waals surface area contributed by atoms with Crippen molar-refractivity contribution in [1.82, 2.24) is 15.3 Å². The molecule has 0 aliphatic carbocycles. The first kappa shape index (κ1) is 11.7. The van der Waals surface area contributed by atoms with Crippen molar-refractivity contribution in [3.8, 4) is 0 Å². The van der Waals surface area contributed by atoms with Crippen LogP contribution in [0.4, 0.5) is 0 Å². The highest BCUT2D eigenvalue weighted by Gasteiger charge is 2.07. The second-order valence-corrected chi connectivity index (χ2v) is 4.96. The second kappa shape index (κ2) is 5.05. The van der Waals surface area contributed by atoms with Gasteiger partial charge in [0.15, 0.2) is 0 Å². The lowest BCUT2D eigenvalue weighted by Gasteiger charge is -2.02. The van der Waals surface area contributed by atoms with E-state index in [0.717, 1.165) is 10.7 Å². The van der Waals surface area contributed by atoms with Crippen LogP contribution >= 0.6 is 11.3 Å². The van der Waals surface area contributed by atoms with Gasteiger partial charge in [-0.3, -0.25) is 9.78 Å². The molecule has 2 aromatic rings. The quantitative estimate of drug-likeness (QED) is 0.903. The van der Waals surface area contributed by atoms with Gasteiger partial charge in [-0.25, -0.2) is 4.98 Å². The van der Waals surface area contributed by atoms with Gasteiger partial charge in [0.25, 0.3) is 5.91 Å². The Kier molecular flexibility index (Phi) is 3.49. The maximum atomic E-state index is 11.7. The molecule has 0 saturated heterocycles. The van der Waals surface area contributed by atoms with Crippen molar-refractivity contribution in [3.63, 3.8) is 0 Å². The van der Waals surface area contributed by atoms with Gasteiger partial charge in [-0.15, -0.1) is 11.3 Å². The summed E-state index contributed by atoms with van der Waals surface area (Å²) in [5.41, 5.74) is 1.65. The van der Waals surface area contributed by atoms with Crippen LogP contribution in [0.15, 0.2) is 24.5 Å². The molecule has 88 valence electrons. The monoisotopic (exact) mass is 247 g/mol. The first-order valence-electron chi connectivity index (χ1n) is 5.28. The minimum atomic E-state index is -0.0992. The minimum absolute atomic E-state index is 0.0992. The van der Waals surface area contributed by atoms with Gasteiger partial charge >= 0.3 is 0 Å². The number of hydrogen-bond acceptors (Lipinski definition) is 4. The van der Waals surface area contributed by atoms with Crippen molar-refractivity contribution in [2.24, 2.45) is 0 Å². The third kappa shape index (κ3) is 2.88. The highest BCUT2D eigenvalue weighted by molar-refractivity contribution is 7.11. The van der Waals surface area contributed by atoms with Gasteiger partial charge in [-0.2, -0.15) is 0 Å². The zero-order valence-electron chi connectivity index (χ0n) is 9.73. The van der Waals surface area contributed by atoms with Crippen LogP contribution in [-0.2, 0) is 6.54 Å². The number of hydrogen-bond donors (Lipinski definition) is 1. The normalized spacial score (nSPS) is 10.2. The van der Waals surface area contributed by atoms with E-state index in [-0.39, 0.29) is 5.91 Å². The molecule has 0 spiro atoms. The van der Waals surface area contributed by atoms with Crippen molar-refractivity contribution < 1.29 is 4.79 Å². The summed E-state index contributed by atoms with van der Waals surface area (Å²) >= 11 is 1.61. The molecule has 2 aromatic heterocycles. The first-order valence-corrected chi connectivity index (χ1v) is 6.09. The lowest BCUT2D eigenvalue weighted by molar-refractivity contribution is 0.0950. The van der Waals surface area contributed by atoms with Crippen LogP contribution in [-0.4, -0.2) is 15.9 Å². The third-order valence-corrected chi connectivity index (χ3v) is 3.49. The molecule has 1 amide bonds. The molecule has 2 rings (SSSR count). The summed E-state index contributed by atoms with van der Waals surface area (Å²) in [4.78, 5) is 21.2. The van der Waals surface area contributed by atoms with Crippen LogP contribution in [0.1, 0.15) is 25.9 Å². The number of amides is 1. The van der Waals surface area contributed by atoms with Crippen LogP contribution in [0.25, 0.3) is 0 Å². The van der Waals surface area contributed by atoms with Gasteiger partial charge in [0.1, 0.15) is 5.01 Å². The Morgan fingerprint density at radius 2 is 2.06 bits per heavy atom. The topological polar surface area (TPSA) is 54.9 Å². The number of rotatable bonds is 3. The molecule has 1 N–H and O–H groups in total. The lowest BCUT2D eigenvalue weighted by Crippen LogP contribution is -2.22. The van der Waals surface area contributed by atoms with E-state index in [4.69, 9.17) is 0 Å². The fourth-order valence-corrected chi connectivity index (χ4v) is 2.25. The Balaban J connectivity index is 1.97. The Hall–Kier alpha value is -1.75. The number of nitrogens with one attached hydrogen (secondary N) is 1. The molecule has 2 heterocycles. The molecule has 5 heteroatoms. The summed E-state index contributed by atoms with van der Waals surface area (Å²) < 4.78 is 0. The van der Waals surface area contributed by atoms with E-state index in [1.807, 2.05) is 13.8 Å². The predicted molar refractivity (Wildman–Crippen MR) is 67.0 cm³/mol. The largest absolute Gasteiger partial charge is 0.346 e. The van der Waals surface area contributed by atoms with Crippen molar-refractivity contribution in [1.29, 1.82) is 0 Å². The Bertz CT molecular complexity index is 502. The van der Waals surface area contributed by atoms with Gasteiger partial charge in [0.2, 0.25) is 0 Å². The number of thiazole rings is 1. The van der Waals surface area contributed by atoms with Crippen LogP contribution in [0.5, 0.6) is 0 Å². The SMILES string of the molecule is Cc1nc(CNC(=O)c2ccncc2)sc1C. The summed E-state index contributed by atoms with van der Waals surface area (Å²) in [5, 5.41) is 3.77. The van der Waals surface area contributed by atoms with Crippen molar-refractivity contribution in [2.75, 3.05) is 0 Å². The number of aromatic nitrogens is 2. The highest BCUT2D eigenvalue weighted by atomic mass is 32.1. The number of pyridine rings is 1. The van der Waals surface area contributed by atoms with Crippen LogP contribution in [0.3, 0.4) is 0 Å². The van der Waals surface area contributed by atoms with Crippen LogP contribution in [0, 0.1) is 13.8 Å². The molecular formula is C12H13N3OS. The van der Waals surface area contributed by atoms with Gasteiger partial charge < -0.3 is 5.32 Å². The molecule has 17 heavy (non-hydrogen) atoms. The van der Waals surface area contributed by atoms with E-state index in [1.165, 1.54) is 4.88 Å². The van der Waals surface area contributed by atoms with Crippen LogP contribution in [0.2, 0.25) is 0 Å². The summed E-state index contributed by atoms with van der Waals surface area (Å²) in [5.74, 6) is -0.0992. The Morgan fingerprint density at radius 1 is 1.35 bits per heavy atom.